The first-order valence-electron chi connectivity index (χ1n) is 9.14. The van der Waals surface area contributed by atoms with E-state index in [1.807, 2.05) is 12.1 Å². The summed E-state index contributed by atoms with van der Waals surface area (Å²) in [5.74, 6) is 0.481. The highest BCUT2D eigenvalue weighted by atomic mass is 19.1. The lowest BCUT2D eigenvalue weighted by atomic mass is 9.94. The number of aryl methyl sites for hydroxylation is 1. The minimum Gasteiger partial charge on any atom is -0.338 e. The molecule has 5 rings (SSSR count). The summed E-state index contributed by atoms with van der Waals surface area (Å²) in [5, 5.41) is 11.0. The summed E-state index contributed by atoms with van der Waals surface area (Å²) in [6, 6.07) is 6.97. The second-order valence-corrected chi connectivity index (χ2v) is 7.29. The zero-order valence-corrected chi connectivity index (χ0v) is 14.7. The van der Waals surface area contributed by atoms with Crippen molar-refractivity contribution in [1.82, 2.24) is 30.0 Å². The number of halogens is 1. The first-order valence-corrected chi connectivity index (χ1v) is 9.14. The van der Waals surface area contributed by atoms with Gasteiger partial charge in [0, 0.05) is 38.6 Å². The van der Waals surface area contributed by atoms with Crippen LogP contribution in [-0.2, 0) is 17.9 Å². The van der Waals surface area contributed by atoms with E-state index in [9.17, 15) is 9.18 Å². The van der Waals surface area contributed by atoms with Crippen molar-refractivity contribution < 1.29 is 9.18 Å². The Morgan fingerprint density at radius 3 is 2.77 bits per heavy atom. The molecule has 26 heavy (non-hydrogen) atoms. The van der Waals surface area contributed by atoms with Gasteiger partial charge in [-0.2, -0.15) is 0 Å². The number of hydrogen-bond donors (Lipinski definition) is 0. The SMILES string of the molecule is O=C(CCn1cnnn1)N1C[C@H]2CC[C@@H]1CN(Cc1ccc(F)cc1)C2. The van der Waals surface area contributed by atoms with Gasteiger partial charge in [0.2, 0.25) is 5.91 Å². The summed E-state index contributed by atoms with van der Waals surface area (Å²) >= 11 is 0. The van der Waals surface area contributed by atoms with E-state index in [-0.39, 0.29) is 17.8 Å². The number of nitrogens with zero attached hydrogens (tertiary/aromatic N) is 6. The molecule has 4 heterocycles. The number of tetrazole rings is 1. The van der Waals surface area contributed by atoms with Crippen LogP contribution in [-0.4, -0.2) is 61.6 Å². The quantitative estimate of drug-likeness (QED) is 0.807. The molecule has 3 aliphatic rings. The van der Waals surface area contributed by atoms with Crippen LogP contribution in [0.2, 0.25) is 0 Å². The lowest BCUT2D eigenvalue weighted by molar-refractivity contribution is -0.135. The minimum absolute atomic E-state index is 0.179. The van der Waals surface area contributed by atoms with Crippen LogP contribution >= 0.6 is 0 Å². The van der Waals surface area contributed by atoms with Crippen LogP contribution in [0.1, 0.15) is 24.8 Å². The molecule has 1 aromatic heterocycles. The number of carbonyl (C=O) groups excluding carboxylic acids is 1. The number of piperidine rings is 1. The van der Waals surface area contributed by atoms with E-state index in [0.717, 1.165) is 38.2 Å². The summed E-state index contributed by atoms with van der Waals surface area (Å²) in [6.45, 7) is 4.02. The fourth-order valence-corrected chi connectivity index (χ4v) is 4.10. The Bertz CT molecular complexity index is 735. The molecular formula is C18H23FN6O. The van der Waals surface area contributed by atoms with Crippen molar-refractivity contribution in [2.24, 2.45) is 5.92 Å². The molecule has 8 heteroatoms. The molecule has 7 nitrogen and oxygen atoms in total. The molecule has 0 spiro atoms. The van der Waals surface area contributed by atoms with Crippen molar-refractivity contribution in [2.75, 3.05) is 19.6 Å². The van der Waals surface area contributed by atoms with Crippen molar-refractivity contribution in [3.8, 4) is 0 Å². The van der Waals surface area contributed by atoms with Gasteiger partial charge < -0.3 is 4.90 Å². The second kappa shape index (κ2) is 7.49. The normalized spacial score (nSPS) is 23.2. The maximum Gasteiger partial charge on any atom is 0.224 e. The van der Waals surface area contributed by atoms with Gasteiger partial charge in [-0.1, -0.05) is 12.1 Å². The van der Waals surface area contributed by atoms with Crippen molar-refractivity contribution in [1.29, 1.82) is 0 Å². The molecule has 3 fully saturated rings. The van der Waals surface area contributed by atoms with E-state index in [1.165, 1.54) is 24.9 Å². The molecule has 2 atom stereocenters. The molecule has 138 valence electrons. The number of fused-ring (bicyclic) bond motifs is 4. The standard InChI is InChI=1S/C18H23FN6O/c19-16-4-1-14(2-5-16)9-23-10-15-3-6-17(12-23)25(11-15)18(26)7-8-24-13-20-21-22-24/h1-2,4-5,13,15,17H,3,6-12H2/t15-,17+/m0/s1. The zero-order chi connectivity index (χ0) is 17.9. The molecule has 0 unspecified atom stereocenters. The maximum atomic E-state index is 13.1. The van der Waals surface area contributed by atoms with E-state index in [1.54, 1.807) is 4.68 Å². The third-order valence-electron chi connectivity index (χ3n) is 5.38. The third kappa shape index (κ3) is 3.90. The maximum absolute atomic E-state index is 13.1. The molecule has 0 radical (unpaired) electrons. The fourth-order valence-electron chi connectivity index (χ4n) is 4.10. The van der Waals surface area contributed by atoms with Crippen molar-refractivity contribution in [3.63, 3.8) is 0 Å². The average Bonchev–Trinajstić information content (AvgIpc) is 3.02. The van der Waals surface area contributed by atoms with E-state index in [0.29, 0.717) is 18.9 Å². The van der Waals surface area contributed by atoms with Crippen molar-refractivity contribution in [3.05, 3.63) is 42.0 Å². The van der Waals surface area contributed by atoms with Crippen LogP contribution in [0.25, 0.3) is 0 Å². The topological polar surface area (TPSA) is 67.2 Å². The lowest BCUT2D eigenvalue weighted by Crippen LogP contribution is -2.47. The predicted octanol–water partition coefficient (Wildman–Crippen LogP) is 1.33. The Morgan fingerprint density at radius 2 is 2.00 bits per heavy atom. The zero-order valence-electron chi connectivity index (χ0n) is 14.7. The molecule has 3 saturated heterocycles. The van der Waals surface area contributed by atoms with E-state index in [4.69, 9.17) is 0 Å². The average molecular weight is 358 g/mol. The van der Waals surface area contributed by atoms with Crippen LogP contribution in [0, 0.1) is 11.7 Å². The molecule has 0 N–H and O–H groups in total. The predicted molar refractivity (Wildman–Crippen MR) is 92.3 cm³/mol. The Balaban J connectivity index is 1.38. The summed E-state index contributed by atoms with van der Waals surface area (Å²) in [6.07, 6.45) is 4.18. The van der Waals surface area contributed by atoms with Gasteiger partial charge in [0.1, 0.15) is 12.1 Å². The van der Waals surface area contributed by atoms with Crippen LogP contribution < -0.4 is 0 Å². The molecule has 3 aliphatic heterocycles. The van der Waals surface area contributed by atoms with Crippen LogP contribution in [0.15, 0.2) is 30.6 Å². The monoisotopic (exact) mass is 358 g/mol. The van der Waals surface area contributed by atoms with Gasteiger partial charge in [0.05, 0.1) is 6.54 Å². The van der Waals surface area contributed by atoms with E-state index < -0.39 is 0 Å². The number of carbonyl (C=O) groups is 1. The summed E-state index contributed by atoms with van der Waals surface area (Å²) in [5.41, 5.74) is 1.12. The Hall–Kier alpha value is -2.35. The molecule has 1 amide bonds. The Morgan fingerprint density at radius 1 is 1.15 bits per heavy atom. The lowest BCUT2D eigenvalue weighted by Gasteiger charge is -2.36. The summed E-state index contributed by atoms with van der Waals surface area (Å²) < 4.78 is 14.7. The van der Waals surface area contributed by atoms with Crippen molar-refractivity contribution >= 4 is 5.91 Å². The number of rotatable bonds is 5. The molecule has 0 aliphatic carbocycles. The minimum atomic E-state index is -0.205. The number of amides is 1. The number of benzene rings is 1. The van der Waals surface area contributed by atoms with Gasteiger partial charge in [-0.3, -0.25) is 9.69 Å². The first kappa shape index (κ1) is 17.1. The van der Waals surface area contributed by atoms with Gasteiger partial charge in [-0.15, -0.1) is 5.10 Å². The van der Waals surface area contributed by atoms with Gasteiger partial charge in [-0.25, -0.2) is 9.07 Å². The summed E-state index contributed by atoms with van der Waals surface area (Å²) in [7, 11) is 0. The van der Waals surface area contributed by atoms with Crippen molar-refractivity contribution in [2.45, 2.75) is 38.4 Å². The molecule has 0 saturated carbocycles. The van der Waals surface area contributed by atoms with Gasteiger partial charge >= 0.3 is 0 Å². The van der Waals surface area contributed by atoms with E-state index in [2.05, 4.69) is 25.3 Å². The summed E-state index contributed by atoms with van der Waals surface area (Å²) in [4.78, 5) is 17.2. The van der Waals surface area contributed by atoms with Crippen LogP contribution in [0.4, 0.5) is 4.39 Å². The highest BCUT2D eigenvalue weighted by Gasteiger charge is 2.36. The first-order chi connectivity index (χ1) is 12.7. The second-order valence-electron chi connectivity index (χ2n) is 7.29. The smallest absolute Gasteiger partial charge is 0.224 e. The molecular weight excluding hydrogens is 335 g/mol. The third-order valence-corrected chi connectivity index (χ3v) is 5.38. The number of hydrogen-bond acceptors (Lipinski definition) is 5. The van der Waals surface area contributed by atoms with Gasteiger partial charge in [0.25, 0.3) is 0 Å². The van der Waals surface area contributed by atoms with E-state index >= 15 is 0 Å². The Kier molecular flexibility index (Phi) is 4.92. The fraction of sp³-hybridized carbons (Fsp3) is 0.556. The van der Waals surface area contributed by atoms with Crippen LogP contribution in [0.3, 0.4) is 0 Å². The molecule has 2 bridgehead atoms. The largest absolute Gasteiger partial charge is 0.338 e. The van der Waals surface area contributed by atoms with Gasteiger partial charge in [0.15, 0.2) is 0 Å². The Labute approximate surface area is 151 Å². The highest BCUT2D eigenvalue weighted by molar-refractivity contribution is 5.76. The molecule has 1 aromatic carbocycles. The molecule has 2 aromatic rings. The van der Waals surface area contributed by atoms with Crippen LogP contribution in [0.5, 0.6) is 0 Å². The number of aromatic nitrogens is 4. The highest BCUT2D eigenvalue weighted by Crippen LogP contribution is 2.29. The van der Waals surface area contributed by atoms with Gasteiger partial charge in [-0.05, 0) is 46.9 Å².